The Balaban J connectivity index is 1.74. The van der Waals surface area contributed by atoms with Crippen molar-refractivity contribution in [3.63, 3.8) is 0 Å². The molecule has 2 amide bonds. The molecule has 0 radical (unpaired) electrons. The van der Waals surface area contributed by atoms with Gasteiger partial charge in [-0.2, -0.15) is 0 Å². The van der Waals surface area contributed by atoms with E-state index in [0.717, 1.165) is 5.56 Å². The van der Waals surface area contributed by atoms with Crippen molar-refractivity contribution in [1.29, 1.82) is 0 Å². The van der Waals surface area contributed by atoms with Crippen LogP contribution in [0.3, 0.4) is 0 Å². The van der Waals surface area contributed by atoms with Crippen molar-refractivity contribution in [2.75, 3.05) is 32.9 Å². The number of morpholine rings is 2. The maximum absolute atomic E-state index is 12.8. The highest BCUT2D eigenvalue weighted by molar-refractivity contribution is 5.89. The molecule has 2 saturated heterocycles. The predicted octanol–water partition coefficient (Wildman–Crippen LogP) is 0.661. The predicted molar refractivity (Wildman–Crippen MR) is 83.6 cm³/mol. The number of amides is 2. The van der Waals surface area contributed by atoms with Crippen LogP contribution in [-0.4, -0.2) is 66.7 Å². The second-order valence-corrected chi connectivity index (χ2v) is 6.00. The van der Waals surface area contributed by atoms with Gasteiger partial charge in [-0.25, -0.2) is 0 Å². The van der Waals surface area contributed by atoms with E-state index in [9.17, 15) is 9.59 Å². The lowest BCUT2D eigenvalue weighted by Crippen LogP contribution is -2.58. The molecule has 1 aromatic rings. The standard InChI is InChI=1S/C17H22N2O4/c1-13-9-18(7-8-23-13)17(21)15-11-22-12-16(20)19(15)10-14-5-3-2-4-6-14/h2-6,13,15H,7-12H2,1H3. The topological polar surface area (TPSA) is 59.1 Å². The van der Waals surface area contributed by atoms with E-state index in [1.807, 2.05) is 37.3 Å². The smallest absolute Gasteiger partial charge is 0.249 e. The summed E-state index contributed by atoms with van der Waals surface area (Å²) < 4.78 is 10.8. The molecule has 1 aromatic carbocycles. The molecule has 0 N–H and O–H groups in total. The number of hydrogen-bond acceptors (Lipinski definition) is 4. The SMILES string of the molecule is CC1CN(C(=O)C2COCC(=O)N2Cc2ccccc2)CCO1. The molecule has 23 heavy (non-hydrogen) atoms. The van der Waals surface area contributed by atoms with Crippen LogP contribution >= 0.6 is 0 Å². The fraction of sp³-hybridized carbons (Fsp3) is 0.529. The third-order valence-corrected chi connectivity index (χ3v) is 4.23. The quantitative estimate of drug-likeness (QED) is 0.821. The number of carbonyl (C=O) groups excluding carboxylic acids is 2. The summed E-state index contributed by atoms with van der Waals surface area (Å²) in [6.45, 7) is 4.32. The van der Waals surface area contributed by atoms with Crippen LogP contribution in [-0.2, 0) is 25.6 Å². The molecular formula is C17H22N2O4. The van der Waals surface area contributed by atoms with Crippen molar-refractivity contribution in [1.82, 2.24) is 9.80 Å². The number of hydrogen-bond donors (Lipinski definition) is 0. The first-order chi connectivity index (χ1) is 11.1. The molecule has 2 unspecified atom stereocenters. The molecule has 2 aliphatic heterocycles. The monoisotopic (exact) mass is 318 g/mol. The van der Waals surface area contributed by atoms with E-state index in [1.54, 1.807) is 9.80 Å². The van der Waals surface area contributed by atoms with Gasteiger partial charge in [-0.3, -0.25) is 9.59 Å². The Hall–Kier alpha value is -1.92. The number of benzene rings is 1. The molecule has 0 bridgehead atoms. The van der Waals surface area contributed by atoms with Gasteiger partial charge in [-0.1, -0.05) is 30.3 Å². The minimum atomic E-state index is -0.554. The summed E-state index contributed by atoms with van der Waals surface area (Å²) >= 11 is 0. The highest BCUT2D eigenvalue weighted by Gasteiger charge is 2.37. The minimum Gasteiger partial charge on any atom is -0.375 e. The number of rotatable bonds is 3. The van der Waals surface area contributed by atoms with Gasteiger partial charge >= 0.3 is 0 Å². The number of carbonyl (C=O) groups is 2. The highest BCUT2D eigenvalue weighted by Crippen LogP contribution is 2.17. The fourth-order valence-corrected chi connectivity index (χ4v) is 3.02. The van der Waals surface area contributed by atoms with Crippen LogP contribution in [0.25, 0.3) is 0 Å². The molecule has 124 valence electrons. The third kappa shape index (κ3) is 3.71. The molecule has 0 aliphatic carbocycles. The molecule has 6 nitrogen and oxygen atoms in total. The maximum Gasteiger partial charge on any atom is 0.249 e. The van der Waals surface area contributed by atoms with Crippen LogP contribution in [0, 0.1) is 0 Å². The normalized spacial score (nSPS) is 25.5. The van der Waals surface area contributed by atoms with Crippen molar-refractivity contribution >= 4 is 11.8 Å². The Kier molecular flexibility index (Phi) is 4.93. The lowest BCUT2D eigenvalue weighted by molar-refractivity contribution is -0.163. The highest BCUT2D eigenvalue weighted by atomic mass is 16.5. The fourth-order valence-electron chi connectivity index (χ4n) is 3.02. The molecule has 2 atom stereocenters. The van der Waals surface area contributed by atoms with Crippen LogP contribution in [0.1, 0.15) is 12.5 Å². The van der Waals surface area contributed by atoms with Gasteiger partial charge in [0, 0.05) is 19.6 Å². The summed E-state index contributed by atoms with van der Waals surface area (Å²) in [7, 11) is 0. The molecule has 6 heteroatoms. The van der Waals surface area contributed by atoms with E-state index in [2.05, 4.69) is 0 Å². The van der Waals surface area contributed by atoms with E-state index in [4.69, 9.17) is 9.47 Å². The van der Waals surface area contributed by atoms with Gasteiger partial charge in [0.05, 0.1) is 19.3 Å². The van der Waals surface area contributed by atoms with Gasteiger partial charge in [-0.05, 0) is 12.5 Å². The number of nitrogens with zero attached hydrogens (tertiary/aromatic N) is 2. The van der Waals surface area contributed by atoms with E-state index in [-0.39, 0.29) is 31.1 Å². The molecular weight excluding hydrogens is 296 g/mol. The average molecular weight is 318 g/mol. The zero-order valence-corrected chi connectivity index (χ0v) is 13.3. The van der Waals surface area contributed by atoms with E-state index >= 15 is 0 Å². The summed E-state index contributed by atoms with van der Waals surface area (Å²) in [5.74, 6) is -0.191. The molecule has 0 spiro atoms. The van der Waals surface area contributed by atoms with E-state index < -0.39 is 6.04 Å². The minimum absolute atomic E-state index is 0.0236. The van der Waals surface area contributed by atoms with E-state index in [1.165, 1.54) is 0 Å². The third-order valence-electron chi connectivity index (χ3n) is 4.23. The lowest BCUT2D eigenvalue weighted by Gasteiger charge is -2.39. The van der Waals surface area contributed by atoms with Crippen molar-refractivity contribution in [2.45, 2.75) is 25.6 Å². The molecule has 0 aromatic heterocycles. The van der Waals surface area contributed by atoms with Crippen LogP contribution in [0.2, 0.25) is 0 Å². The number of ether oxygens (including phenoxy) is 2. The van der Waals surface area contributed by atoms with Gasteiger partial charge < -0.3 is 19.3 Å². The van der Waals surface area contributed by atoms with Crippen molar-refractivity contribution in [2.24, 2.45) is 0 Å². The van der Waals surface area contributed by atoms with Crippen molar-refractivity contribution in [3.8, 4) is 0 Å². The summed E-state index contributed by atoms with van der Waals surface area (Å²) in [6.07, 6.45) is 0.0236. The second-order valence-electron chi connectivity index (χ2n) is 6.00. The molecule has 2 fully saturated rings. The van der Waals surface area contributed by atoms with Crippen LogP contribution in [0.15, 0.2) is 30.3 Å². The summed E-state index contributed by atoms with van der Waals surface area (Å²) in [6, 6.07) is 9.16. The summed E-state index contributed by atoms with van der Waals surface area (Å²) in [5, 5.41) is 0. The van der Waals surface area contributed by atoms with Gasteiger partial charge in [0.15, 0.2) is 0 Å². The van der Waals surface area contributed by atoms with Gasteiger partial charge in [0.2, 0.25) is 11.8 Å². The zero-order valence-electron chi connectivity index (χ0n) is 13.3. The van der Waals surface area contributed by atoms with Gasteiger partial charge in [0.25, 0.3) is 0 Å². The summed E-state index contributed by atoms with van der Waals surface area (Å²) in [5.41, 5.74) is 1.01. The van der Waals surface area contributed by atoms with Crippen molar-refractivity contribution in [3.05, 3.63) is 35.9 Å². The maximum atomic E-state index is 12.8. The average Bonchev–Trinajstić information content (AvgIpc) is 2.57. The van der Waals surface area contributed by atoms with Crippen molar-refractivity contribution < 1.29 is 19.1 Å². The Morgan fingerprint density at radius 3 is 2.83 bits per heavy atom. The lowest BCUT2D eigenvalue weighted by atomic mass is 10.1. The van der Waals surface area contributed by atoms with Gasteiger partial charge in [0.1, 0.15) is 12.6 Å². The molecule has 3 rings (SSSR count). The van der Waals surface area contributed by atoms with E-state index in [0.29, 0.717) is 26.2 Å². The largest absolute Gasteiger partial charge is 0.375 e. The Labute approximate surface area is 136 Å². The second kappa shape index (κ2) is 7.10. The molecule has 2 aliphatic rings. The Morgan fingerprint density at radius 1 is 1.30 bits per heavy atom. The molecule has 2 heterocycles. The van der Waals surface area contributed by atoms with Crippen LogP contribution < -0.4 is 0 Å². The Morgan fingerprint density at radius 2 is 2.09 bits per heavy atom. The summed E-state index contributed by atoms with van der Waals surface area (Å²) in [4.78, 5) is 28.5. The van der Waals surface area contributed by atoms with Crippen LogP contribution in [0.5, 0.6) is 0 Å². The first-order valence-electron chi connectivity index (χ1n) is 7.96. The zero-order chi connectivity index (χ0) is 16.2. The first kappa shape index (κ1) is 16.0. The molecule has 0 saturated carbocycles. The van der Waals surface area contributed by atoms with Gasteiger partial charge in [-0.15, -0.1) is 0 Å². The first-order valence-corrected chi connectivity index (χ1v) is 7.96. The Bertz CT molecular complexity index is 563. The van der Waals surface area contributed by atoms with Crippen LogP contribution in [0.4, 0.5) is 0 Å².